The van der Waals surface area contributed by atoms with E-state index < -0.39 is 5.97 Å². The molecule has 0 aromatic heterocycles. The van der Waals surface area contributed by atoms with Crippen molar-refractivity contribution in [1.82, 2.24) is 0 Å². The van der Waals surface area contributed by atoms with Crippen LogP contribution in [-0.2, 0) is 38.8 Å². The number of carbonyl (C=O) groups excluding carboxylic acids is 1. The molecule has 10 rings (SSSR count). The quantitative estimate of drug-likeness (QED) is 0.0343. The molecule has 6 heteroatoms. The summed E-state index contributed by atoms with van der Waals surface area (Å²) in [6.45, 7) is 11.6. The number of esters is 1. The van der Waals surface area contributed by atoms with Gasteiger partial charge in [-0.3, -0.25) is 0 Å². The summed E-state index contributed by atoms with van der Waals surface area (Å²) < 4.78 is 6.00. The molecule has 1 unspecified atom stereocenters. The van der Waals surface area contributed by atoms with Crippen molar-refractivity contribution in [3.63, 3.8) is 0 Å². The van der Waals surface area contributed by atoms with Crippen LogP contribution in [-0.4, -0.2) is 25.7 Å². The molecule has 2 heterocycles. The van der Waals surface area contributed by atoms with E-state index in [0.717, 1.165) is 55.6 Å². The fourth-order valence-electron chi connectivity index (χ4n) is 10.8. The monoisotopic (exact) mass is 804 g/mol. The summed E-state index contributed by atoms with van der Waals surface area (Å²) >= 11 is 0. The number of ether oxygens (including phenoxy) is 1. The number of anilines is 4. The molecule has 6 nitrogen and oxygen atoms in total. The molecule has 306 valence electrons. The van der Waals surface area contributed by atoms with Crippen LogP contribution < -0.4 is 19.4 Å². The minimum Gasteiger partial charge on any atom is -0.423 e. The highest BCUT2D eigenvalue weighted by molar-refractivity contribution is 5.89. The van der Waals surface area contributed by atoms with Crippen LogP contribution in [0.1, 0.15) is 85.0 Å². The Morgan fingerprint density at radius 2 is 1.10 bits per heavy atom. The third kappa shape index (κ3) is 7.23. The summed E-state index contributed by atoms with van der Waals surface area (Å²) in [5, 5.41) is 0. The van der Waals surface area contributed by atoms with Crippen LogP contribution in [0.2, 0.25) is 0 Å². The Kier molecular flexibility index (Phi) is 9.72. The minimum atomic E-state index is -0.400. The second kappa shape index (κ2) is 15.3. The van der Waals surface area contributed by atoms with Gasteiger partial charge < -0.3 is 19.4 Å². The van der Waals surface area contributed by atoms with Crippen molar-refractivity contribution < 1.29 is 19.3 Å². The molecule has 0 bridgehead atoms. The van der Waals surface area contributed by atoms with Gasteiger partial charge in [-0.25, -0.2) is 4.79 Å². The summed E-state index contributed by atoms with van der Waals surface area (Å²) in [6, 6.07) is 46.8. The first-order chi connectivity index (χ1) is 29.6. The summed E-state index contributed by atoms with van der Waals surface area (Å²) in [7, 11) is 0. The van der Waals surface area contributed by atoms with Gasteiger partial charge in [-0.15, -0.1) is 0 Å². The van der Waals surface area contributed by atoms with Gasteiger partial charge in [0, 0.05) is 47.3 Å². The number of nitrogens with zero attached hydrogens (tertiary/aromatic N) is 2. The molecule has 0 saturated carbocycles. The van der Waals surface area contributed by atoms with Crippen molar-refractivity contribution in [2.75, 3.05) is 29.5 Å². The topological polar surface area (TPSA) is 51.2 Å². The molecule has 6 aromatic rings. The molecular weight excluding hydrogens is 753 g/mol. The highest BCUT2D eigenvalue weighted by Crippen LogP contribution is 2.63. The molecule has 1 atom stereocenters. The Morgan fingerprint density at radius 1 is 0.590 bits per heavy atom. The fourth-order valence-corrected chi connectivity index (χ4v) is 10.8. The predicted octanol–water partition coefficient (Wildman–Crippen LogP) is 12.4. The molecule has 2 aliphatic heterocycles. The minimum absolute atomic E-state index is 0.0635. The first-order valence-electron chi connectivity index (χ1n) is 21.6. The number of carbonyl (C=O) groups is 1. The molecule has 4 aliphatic rings. The van der Waals surface area contributed by atoms with E-state index >= 15 is 0 Å². The maximum absolute atomic E-state index is 13.3. The number of hydrogen-bond acceptors (Lipinski definition) is 6. The molecule has 0 fully saturated rings. The molecule has 0 N–H and O–H groups in total. The van der Waals surface area contributed by atoms with Gasteiger partial charge in [-0.2, -0.15) is 4.89 Å². The van der Waals surface area contributed by atoms with Crippen molar-refractivity contribution in [1.29, 1.82) is 0 Å². The van der Waals surface area contributed by atoms with E-state index in [-0.39, 0.29) is 16.2 Å². The van der Waals surface area contributed by atoms with Gasteiger partial charge in [0.15, 0.2) is 5.75 Å². The average molecular weight is 805 g/mol. The van der Waals surface area contributed by atoms with Gasteiger partial charge in [0.05, 0.1) is 0 Å². The molecule has 0 amide bonds. The summed E-state index contributed by atoms with van der Waals surface area (Å²) in [5.41, 5.74) is 14.4. The van der Waals surface area contributed by atoms with Crippen molar-refractivity contribution in [2.24, 2.45) is 0 Å². The van der Waals surface area contributed by atoms with Crippen LogP contribution >= 0.6 is 0 Å². The van der Waals surface area contributed by atoms with E-state index in [2.05, 4.69) is 165 Å². The Hall–Kier alpha value is -6.37. The Labute approximate surface area is 359 Å². The van der Waals surface area contributed by atoms with Gasteiger partial charge in [0.1, 0.15) is 12.4 Å². The Bertz CT molecular complexity index is 2690. The summed E-state index contributed by atoms with van der Waals surface area (Å²) in [4.78, 5) is 29.7. The Morgan fingerprint density at radius 3 is 1.67 bits per heavy atom. The lowest BCUT2D eigenvalue weighted by molar-refractivity contribution is -0.195. The SMILES string of the molecule is CC1(C)CC2(CC(C)(C)c3ccc(OC(=O)C=Cc4ccc(N5CCc6ccccc65)cc4)cc32)c2cc(OOCC=Cc3ccc(N4CCc5ccccc54)cc3)ccc21. The van der Waals surface area contributed by atoms with E-state index in [4.69, 9.17) is 14.5 Å². The maximum Gasteiger partial charge on any atom is 0.336 e. The first-order valence-corrected chi connectivity index (χ1v) is 21.6. The van der Waals surface area contributed by atoms with E-state index in [1.165, 1.54) is 56.5 Å². The highest BCUT2D eigenvalue weighted by atomic mass is 17.2. The zero-order valence-electron chi connectivity index (χ0n) is 35.5. The van der Waals surface area contributed by atoms with Crippen molar-refractivity contribution >= 4 is 40.9 Å². The van der Waals surface area contributed by atoms with Gasteiger partial charge in [-0.1, -0.05) is 113 Å². The summed E-state index contributed by atoms with van der Waals surface area (Å²) in [5.74, 6) is 0.832. The normalized spacial score (nSPS) is 19.1. The van der Waals surface area contributed by atoms with Crippen LogP contribution in [0, 0.1) is 0 Å². The smallest absolute Gasteiger partial charge is 0.336 e. The van der Waals surface area contributed by atoms with Crippen LogP contribution in [0.5, 0.6) is 11.5 Å². The maximum atomic E-state index is 13.3. The van der Waals surface area contributed by atoms with E-state index in [0.29, 0.717) is 18.1 Å². The van der Waals surface area contributed by atoms with Crippen LogP contribution in [0.25, 0.3) is 12.2 Å². The molecular formula is C55H52N2O4. The third-order valence-electron chi connectivity index (χ3n) is 13.4. The molecule has 61 heavy (non-hydrogen) atoms. The molecule has 0 radical (unpaired) electrons. The second-order valence-electron chi connectivity index (χ2n) is 18.4. The zero-order valence-corrected chi connectivity index (χ0v) is 35.5. The van der Waals surface area contributed by atoms with Crippen molar-refractivity contribution in [3.05, 3.63) is 190 Å². The van der Waals surface area contributed by atoms with Gasteiger partial charge in [0.25, 0.3) is 0 Å². The number of hydrogen-bond donors (Lipinski definition) is 0. The highest BCUT2D eigenvalue weighted by Gasteiger charge is 2.56. The molecule has 0 saturated heterocycles. The van der Waals surface area contributed by atoms with Crippen LogP contribution in [0.4, 0.5) is 22.7 Å². The Balaban J connectivity index is 0.809. The van der Waals surface area contributed by atoms with Crippen molar-refractivity contribution in [2.45, 2.75) is 69.6 Å². The molecule has 6 aromatic carbocycles. The number of fused-ring (bicyclic) bond motifs is 6. The fraction of sp³-hybridized carbons (Fsp3) is 0.255. The van der Waals surface area contributed by atoms with E-state index in [1.807, 2.05) is 24.3 Å². The van der Waals surface area contributed by atoms with E-state index in [1.54, 1.807) is 0 Å². The first kappa shape index (κ1) is 38.8. The van der Waals surface area contributed by atoms with Gasteiger partial charge in [-0.05, 0) is 148 Å². The zero-order chi connectivity index (χ0) is 41.8. The lowest BCUT2D eigenvalue weighted by Gasteiger charge is -2.30. The van der Waals surface area contributed by atoms with E-state index in [9.17, 15) is 4.79 Å². The van der Waals surface area contributed by atoms with Crippen LogP contribution in [0.15, 0.2) is 146 Å². The average Bonchev–Trinajstić information content (AvgIpc) is 4.00. The largest absolute Gasteiger partial charge is 0.423 e. The van der Waals surface area contributed by atoms with Gasteiger partial charge in [0.2, 0.25) is 0 Å². The third-order valence-corrected chi connectivity index (χ3v) is 13.4. The van der Waals surface area contributed by atoms with Crippen LogP contribution in [0.3, 0.4) is 0 Å². The molecule has 2 aliphatic carbocycles. The van der Waals surface area contributed by atoms with Crippen molar-refractivity contribution in [3.8, 4) is 11.5 Å². The predicted molar refractivity (Wildman–Crippen MR) is 246 cm³/mol. The molecule has 1 spiro atoms. The standard InChI is InChI=1S/C55H52N2O4/c1-53(2)36-55(48-34-44(24-26-46(48)53)60-52(58)28-19-39-17-22-43(23-18-39)57-32-30-41-12-6-8-14-51(41)57)37-54(3,4)47-27-25-45(35-49(47)55)61-59-33-9-10-38-15-20-42(21-16-38)56-31-29-40-11-5-7-13-50(40)56/h5-28,34-35H,29-33,36-37H2,1-4H3. The number of benzene rings is 6. The second-order valence-corrected chi connectivity index (χ2v) is 18.4. The lowest BCUT2D eigenvalue weighted by Crippen LogP contribution is -2.27. The number of rotatable bonds is 10. The summed E-state index contributed by atoms with van der Waals surface area (Å²) in [6.07, 6.45) is 11.4. The van der Waals surface area contributed by atoms with Gasteiger partial charge >= 0.3 is 5.97 Å². The lowest BCUT2D eigenvalue weighted by atomic mass is 9.72. The number of para-hydroxylation sites is 2.